The topological polar surface area (TPSA) is 150 Å². The Morgan fingerprint density at radius 2 is 1.38 bits per heavy atom. The van der Waals surface area contributed by atoms with Crippen molar-refractivity contribution in [1.82, 2.24) is 0 Å². The first-order valence-corrected chi connectivity index (χ1v) is 6.22. The second-order valence-electron chi connectivity index (χ2n) is 2.00. The Kier molecular flexibility index (Phi) is 13.6. The van der Waals surface area contributed by atoms with Crippen LogP contribution in [0.2, 0.25) is 0 Å². The van der Waals surface area contributed by atoms with Gasteiger partial charge in [0.25, 0.3) is 0 Å². The van der Waals surface area contributed by atoms with Gasteiger partial charge in [-0.25, -0.2) is 10.5 Å². The van der Waals surface area contributed by atoms with Gasteiger partial charge in [-0.1, -0.05) is 18.2 Å². The van der Waals surface area contributed by atoms with Crippen molar-refractivity contribution in [3.8, 4) is 5.75 Å². The second kappa shape index (κ2) is 12.4. The SMILES string of the molecule is NO[PH](=O)O.O=[PH](O)O.Oc1ccccc1. The van der Waals surface area contributed by atoms with Crippen molar-refractivity contribution in [3.63, 3.8) is 0 Å². The zero-order valence-electron chi connectivity index (χ0n) is 7.98. The largest absolute Gasteiger partial charge is 0.508 e. The molecule has 10 heteroatoms. The maximum Gasteiger partial charge on any atom is 0.332 e. The highest BCUT2D eigenvalue weighted by molar-refractivity contribution is 7.32. The highest BCUT2D eigenvalue weighted by Gasteiger charge is 1.75. The van der Waals surface area contributed by atoms with Crippen molar-refractivity contribution < 1.29 is 33.5 Å². The lowest BCUT2D eigenvalue weighted by Gasteiger charge is -1.82. The van der Waals surface area contributed by atoms with E-state index in [4.69, 9.17) is 24.4 Å². The minimum Gasteiger partial charge on any atom is -0.508 e. The van der Waals surface area contributed by atoms with Crippen LogP contribution in [0.25, 0.3) is 0 Å². The number of aromatic hydroxyl groups is 1. The number of benzene rings is 1. The number of hydrogen-bond acceptors (Lipinski definition) is 5. The van der Waals surface area contributed by atoms with Crippen LogP contribution < -0.4 is 5.90 Å². The quantitative estimate of drug-likeness (QED) is 0.354. The van der Waals surface area contributed by atoms with E-state index in [0.717, 1.165) is 0 Å². The lowest BCUT2D eigenvalue weighted by Crippen LogP contribution is -1.84. The van der Waals surface area contributed by atoms with Crippen LogP contribution in [0.15, 0.2) is 30.3 Å². The summed E-state index contributed by atoms with van der Waals surface area (Å²) in [4.78, 5) is 21.9. The van der Waals surface area contributed by atoms with E-state index in [1.165, 1.54) is 0 Å². The molecule has 1 rings (SSSR count). The van der Waals surface area contributed by atoms with E-state index in [-0.39, 0.29) is 0 Å². The molecule has 0 heterocycles. The molecule has 1 unspecified atom stereocenters. The molecule has 1 aromatic rings. The Hall–Kier alpha value is -0.720. The fraction of sp³-hybridized carbons (Fsp3) is 0. The Morgan fingerprint density at radius 1 is 1.06 bits per heavy atom. The first-order chi connectivity index (χ1) is 7.40. The number of phenols is 1. The fourth-order valence-corrected chi connectivity index (χ4v) is 0.428. The third kappa shape index (κ3) is 23.3. The van der Waals surface area contributed by atoms with Crippen LogP contribution in [0.4, 0.5) is 0 Å². The van der Waals surface area contributed by atoms with Crippen molar-refractivity contribution in [2.75, 3.05) is 0 Å². The summed E-state index contributed by atoms with van der Waals surface area (Å²) in [5.74, 6) is 4.48. The molecule has 0 saturated carbocycles. The van der Waals surface area contributed by atoms with Crippen LogP contribution in [0.1, 0.15) is 0 Å². The molecule has 0 radical (unpaired) electrons. The molecule has 0 spiro atoms. The van der Waals surface area contributed by atoms with E-state index in [9.17, 15) is 4.57 Å². The van der Waals surface area contributed by atoms with Gasteiger partial charge in [0.05, 0.1) is 0 Å². The Labute approximate surface area is 92.8 Å². The smallest absolute Gasteiger partial charge is 0.332 e. The van der Waals surface area contributed by atoms with Crippen LogP contribution in [-0.4, -0.2) is 19.8 Å². The number of rotatable bonds is 1. The Balaban J connectivity index is 0. The van der Waals surface area contributed by atoms with Gasteiger partial charge in [-0.15, -0.1) is 0 Å². The van der Waals surface area contributed by atoms with E-state index in [1.54, 1.807) is 24.3 Å². The molecule has 0 bridgehead atoms. The molecule has 0 amide bonds. The van der Waals surface area contributed by atoms with Gasteiger partial charge in [0, 0.05) is 0 Å². The molecule has 0 saturated heterocycles. The molecule has 0 fully saturated rings. The van der Waals surface area contributed by atoms with Crippen LogP contribution >= 0.6 is 16.5 Å². The third-order valence-electron chi connectivity index (χ3n) is 0.857. The Bertz CT molecular complexity index is 303. The molecule has 0 aromatic heterocycles. The highest BCUT2D eigenvalue weighted by atomic mass is 31.1. The first-order valence-electron chi connectivity index (χ1n) is 3.65. The van der Waals surface area contributed by atoms with E-state index in [0.29, 0.717) is 5.75 Å². The Morgan fingerprint density at radius 3 is 1.50 bits per heavy atom. The van der Waals surface area contributed by atoms with E-state index in [2.05, 4.69) is 10.5 Å². The highest BCUT2D eigenvalue weighted by Crippen LogP contribution is 2.07. The van der Waals surface area contributed by atoms with Gasteiger partial charge < -0.3 is 19.8 Å². The maximum atomic E-state index is 9.21. The summed E-state index contributed by atoms with van der Waals surface area (Å²) in [5.41, 5.74) is 0. The summed E-state index contributed by atoms with van der Waals surface area (Å²) in [6, 6.07) is 8.71. The molecule has 0 aliphatic heterocycles. The number of para-hydroxylation sites is 1. The van der Waals surface area contributed by atoms with Crippen molar-refractivity contribution in [2.45, 2.75) is 0 Å². The molecular formula is C6H13NO7P2. The van der Waals surface area contributed by atoms with Gasteiger partial charge in [-0.2, -0.15) is 0 Å². The zero-order valence-corrected chi connectivity index (χ0v) is 9.98. The maximum absolute atomic E-state index is 9.21. The summed E-state index contributed by atoms with van der Waals surface area (Å²) < 4.78 is 21.3. The average Bonchev–Trinajstić information content (AvgIpc) is 2.19. The standard InChI is InChI=1S/C6H6O.H4NO3P.H3O3P/c7-6-4-2-1-3-5-6;1-4-5(2)3;1-4(2)3/h1-5,7H;5H,1H2,(H,2,3);4H,(H2,1,2,3). The second-order valence-corrected chi connectivity index (χ2v) is 3.33. The molecule has 6 N–H and O–H groups in total. The molecule has 1 aromatic carbocycles. The zero-order chi connectivity index (χ0) is 13.0. The van der Waals surface area contributed by atoms with Crippen LogP contribution in [0, 0.1) is 0 Å². The van der Waals surface area contributed by atoms with Gasteiger partial charge in [0.1, 0.15) is 5.75 Å². The summed E-state index contributed by atoms with van der Waals surface area (Å²) >= 11 is 0. The lowest BCUT2D eigenvalue weighted by atomic mass is 10.3. The van der Waals surface area contributed by atoms with Crippen LogP contribution in [-0.2, 0) is 13.8 Å². The number of phenolic OH excluding ortho intramolecular Hbond substituents is 1. The van der Waals surface area contributed by atoms with Gasteiger partial charge in [-0.3, -0.25) is 9.13 Å². The average molecular weight is 273 g/mol. The first kappa shape index (κ1) is 17.7. The summed E-state index contributed by atoms with van der Waals surface area (Å²) in [6.07, 6.45) is 0. The molecule has 0 aliphatic rings. The minimum absolute atomic E-state index is 0.322. The fourth-order valence-electron chi connectivity index (χ4n) is 0.428. The van der Waals surface area contributed by atoms with E-state index >= 15 is 0 Å². The molecule has 16 heavy (non-hydrogen) atoms. The molecule has 0 aliphatic carbocycles. The summed E-state index contributed by atoms with van der Waals surface area (Å²) in [7, 11) is -5.98. The number of nitrogens with two attached hydrogens (primary N) is 1. The van der Waals surface area contributed by atoms with Gasteiger partial charge in [0.15, 0.2) is 0 Å². The summed E-state index contributed by atoms with van der Waals surface area (Å²) in [5, 5.41) is 8.63. The van der Waals surface area contributed by atoms with Crippen molar-refractivity contribution >= 4 is 16.5 Å². The van der Waals surface area contributed by atoms with Crippen molar-refractivity contribution in [1.29, 1.82) is 0 Å². The predicted molar refractivity (Wildman–Crippen MR) is 58.0 cm³/mol. The van der Waals surface area contributed by atoms with Gasteiger partial charge in [0.2, 0.25) is 0 Å². The molecule has 8 nitrogen and oxygen atoms in total. The predicted octanol–water partition coefficient (Wildman–Crippen LogP) is 0.0116. The van der Waals surface area contributed by atoms with E-state index in [1.807, 2.05) is 6.07 Å². The van der Waals surface area contributed by atoms with Crippen LogP contribution in [0.3, 0.4) is 0 Å². The molecule has 1 atom stereocenters. The third-order valence-corrected chi connectivity index (χ3v) is 1.06. The normalized spacial score (nSPS) is 10.6. The molecule has 94 valence electrons. The van der Waals surface area contributed by atoms with Gasteiger partial charge >= 0.3 is 16.5 Å². The van der Waals surface area contributed by atoms with Crippen LogP contribution in [0.5, 0.6) is 5.75 Å². The summed E-state index contributed by atoms with van der Waals surface area (Å²) in [6.45, 7) is 0. The van der Waals surface area contributed by atoms with Gasteiger partial charge in [-0.05, 0) is 12.1 Å². The minimum atomic E-state index is -3.13. The number of hydrogen-bond donors (Lipinski definition) is 5. The molecular weight excluding hydrogens is 260 g/mol. The monoisotopic (exact) mass is 273 g/mol. The van der Waals surface area contributed by atoms with E-state index < -0.39 is 16.5 Å². The lowest BCUT2D eigenvalue weighted by molar-refractivity contribution is 0.292. The van der Waals surface area contributed by atoms with Crippen molar-refractivity contribution in [2.24, 2.45) is 5.90 Å². The van der Waals surface area contributed by atoms with Crippen molar-refractivity contribution in [3.05, 3.63) is 30.3 Å².